The van der Waals surface area contributed by atoms with Gasteiger partial charge in [0.1, 0.15) is 10.7 Å². The molecular weight excluding hydrogens is 237 g/mol. The first-order valence-corrected chi connectivity index (χ1v) is 5.23. The Morgan fingerprint density at radius 3 is 2.19 bits per heavy atom. The second kappa shape index (κ2) is 3.79. The number of thiazole rings is 1. The van der Waals surface area contributed by atoms with E-state index in [1.807, 2.05) is 0 Å². The van der Waals surface area contributed by atoms with E-state index in [-0.39, 0.29) is 0 Å². The molecule has 0 bridgehead atoms. The lowest BCUT2D eigenvalue weighted by Gasteiger charge is -2.06. The molecule has 1 aromatic carbocycles. The minimum absolute atomic E-state index is 0.500. The van der Waals surface area contributed by atoms with Gasteiger partial charge >= 0.3 is 6.18 Å². The summed E-state index contributed by atoms with van der Waals surface area (Å²) in [4.78, 5) is 3.99. The molecule has 16 heavy (non-hydrogen) atoms. The van der Waals surface area contributed by atoms with Crippen LogP contribution in [0, 0.1) is 0 Å². The summed E-state index contributed by atoms with van der Waals surface area (Å²) in [6.45, 7) is 0. The molecule has 0 aliphatic carbocycles. The summed E-state index contributed by atoms with van der Waals surface area (Å²) in [7, 11) is 0. The van der Waals surface area contributed by atoms with Crippen molar-refractivity contribution in [2.75, 3.05) is 5.73 Å². The predicted octanol–water partition coefficient (Wildman–Crippen LogP) is 3.41. The first kappa shape index (κ1) is 10.9. The molecule has 1 heterocycles. The SMILES string of the molecule is Nc1scnc1-c1ccc(C(F)(F)F)cc1. The first-order chi connectivity index (χ1) is 7.48. The maximum absolute atomic E-state index is 12.3. The van der Waals surface area contributed by atoms with Gasteiger partial charge in [-0.25, -0.2) is 4.98 Å². The average Bonchev–Trinajstić information content (AvgIpc) is 2.63. The van der Waals surface area contributed by atoms with Crippen molar-refractivity contribution < 1.29 is 13.2 Å². The maximum atomic E-state index is 12.3. The van der Waals surface area contributed by atoms with Crippen LogP contribution in [-0.4, -0.2) is 4.98 Å². The molecule has 0 fully saturated rings. The number of nitrogens with zero attached hydrogens (tertiary/aromatic N) is 1. The van der Waals surface area contributed by atoms with Gasteiger partial charge in [0.05, 0.1) is 11.1 Å². The summed E-state index contributed by atoms with van der Waals surface area (Å²) in [5, 5.41) is 0.500. The number of rotatable bonds is 1. The lowest BCUT2D eigenvalue weighted by Crippen LogP contribution is -2.04. The molecule has 0 saturated heterocycles. The van der Waals surface area contributed by atoms with Gasteiger partial charge in [-0.1, -0.05) is 12.1 Å². The zero-order valence-corrected chi connectivity index (χ0v) is 8.77. The zero-order valence-electron chi connectivity index (χ0n) is 7.95. The van der Waals surface area contributed by atoms with E-state index < -0.39 is 11.7 Å². The van der Waals surface area contributed by atoms with E-state index in [1.54, 1.807) is 5.51 Å². The van der Waals surface area contributed by atoms with Crippen molar-refractivity contribution in [3.63, 3.8) is 0 Å². The molecule has 0 radical (unpaired) electrons. The Labute approximate surface area is 93.5 Å². The monoisotopic (exact) mass is 244 g/mol. The summed E-state index contributed by atoms with van der Waals surface area (Å²) in [6.07, 6.45) is -4.31. The Morgan fingerprint density at radius 2 is 1.75 bits per heavy atom. The third-order valence-corrected chi connectivity index (χ3v) is 2.74. The standard InChI is InChI=1S/C10H7F3N2S/c11-10(12,13)7-3-1-6(2-4-7)8-9(14)16-5-15-8/h1-5H,14H2. The number of hydrogen-bond acceptors (Lipinski definition) is 3. The molecule has 2 N–H and O–H groups in total. The molecule has 2 rings (SSSR count). The summed E-state index contributed by atoms with van der Waals surface area (Å²) >= 11 is 1.25. The topological polar surface area (TPSA) is 38.9 Å². The van der Waals surface area contributed by atoms with Crippen LogP contribution in [0.5, 0.6) is 0 Å². The van der Waals surface area contributed by atoms with E-state index in [9.17, 15) is 13.2 Å². The van der Waals surface area contributed by atoms with E-state index in [0.717, 1.165) is 12.1 Å². The van der Waals surface area contributed by atoms with Crippen molar-refractivity contribution in [3.05, 3.63) is 35.3 Å². The van der Waals surface area contributed by atoms with Crippen molar-refractivity contribution >= 4 is 16.3 Å². The molecule has 0 unspecified atom stereocenters. The van der Waals surface area contributed by atoms with Crippen molar-refractivity contribution in [2.45, 2.75) is 6.18 Å². The number of nitrogens with two attached hydrogens (primary N) is 1. The molecule has 0 atom stereocenters. The summed E-state index contributed by atoms with van der Waals surface area (Å²) < 4.78 is 36.9. The predicted molar refractivity (Wildman–Crippen MR) is 57.0 cm³/mol. The van der Waals surface area contributed by atoms with E-state index in [2.05, 4.69) is 4.98 Å². The molecule has 0 spiro atoms. The lowest BCUT2D eigenvalue weighted by molar-refractivity contribution is -0.137. The normalized spacial score (nSPS) is 11.7. The number of benzene rings is 1. The fourth-order valence-corrected chi connectivity index (χ4v) is 1.84. The lowest BCUT2D eigenvalue weighted by atomic mass is 10.1. The molecule has 1 aromatic heterocycles. The average molecular weight is 244 g/mol. The van der Waals surface area contributed by atoms with Crippen molar-refractivity contribution in [2.24, 2.45) is 0 Å². The van der Waals surface area contributed by atoms with Gasteiger partial charge < -0.3 is 5.73 Å². The van der Waals surface area contributed by atoms with Gasteiger partial charge in [-0.15, -0.1) is 11.3 Å². The second-order valence-electron chi connectivity index (χ2n) is 3.14. The highest BCUT2D eigenvalue weighted by atomic mass is 32.1. The minimum atomic E-state index is -4.31. The Bertz CT molecular complexity index is 488. The highest BCUT2D eigenvalue weighted by Gasteiger charge is 2.30. The van der Waals surface area contributed by atoms with Gasteiger partial charge in [0.2, 0.25) is 0 Å². The highest BCUT2D eigenvalue weighted by Crippen LogP contribution is 2.32. The smallest absolute Gasteiger partial charge is 0.389 e. The fraction of sp³-hybridized carbons (Fsp3) is 0.100. The van der Waals surface area contributed by atoms with Crippen molar-refractivity contribution in [1.82, 2.24) is 4.98 Å². The van der Waals surface area contributed by atoms with Crippen LogP contribution >= 0.6 is 11.3 Å². The van der Waals surface area contributed by atoms with Crippen LogP contribution in [0.2, 0.25) is 0 Å². The quantitative estimate of drug-likeness (QED) is 0.834. The maximum Gasteiger partial charge on any atom is 0.416 e. The second-order valence-corrected chi connectivity index (χ2v) is 4.03. The minimum Gasteiger partial charge on any atom is -0.389 e. The molecule has 84 valence electrons. The number of hydrogen-bond donors (Lipinski definition) is 1. The van der Waals surface area contributed by atoms with Gasteiger partial charge in [0.25, 0.3) is 0 Å². The number of aromatic nitrogens is 1. The third-order valence-electron chi connectivity index (χ3n) is 2.08. The molecule has 0 saturated carbocycles. The molecule has 0 aliphatic heterocycles. The summed E-state index contributed by atoms with van der Waals surface area (Å²) in [6, 6.07) is 4.78. The molecule has 2 aromatic rings. The van der Waals surface area contributed by atoms with E-state index in [4.69, 9.17) is 5.73 Å². The van der Waals surface area contributed by atoms with Gasteiger partial charge in [-0.2, -0.15) is 13.2 Å². The number of alkyl halides is 3. The Hall–Kier alpha value is -1.56. The largest absolute Gasteiger partial charge is 0.416 e. The van der Waals surface area contributed by atoms with Crippen molar-refractivity contribution in [3.8, 4) is 11.3 Å². The third kappa shape index (κ3) is 2.01. The fourth-order valence-electron chi connectivity index (χ4n) is 1.29. The van der Waals surface area contributed by atoms with E-state index in [0.29, 0.717) is 16.3 Å². The van der Waals surface area contributed by atoms with Gasteiger partial charge in [0.15, 0.2) is 0 Å². The van der Waals surface area contributed by atoms with Gasteiger partial charge in [0, 0.05) is 5.56 Å². The van der Waals surface area contributed by atoms with Gasteiger partial charge in [-0.3, -0.25) is 0 Å². The first-order valence-electron chi connectivity index (χ1n) is 4.35. The summed E-state index contributed by atoms with van der Waals surface area (Å²) in [5.74, 6) is 0. The Kier molecular flexibility index (Phi) is 2.59. The van der Waals surface area contributed by atoms with Crippen molar-refractivity contribution in [1.29, 1.82) is 0 Å². The Morgan fingerprint density at radius 1 is 1.12 bits per heavy atom. The van der Waals surface area contributed by atoms with Crippen LogP contribution in [0.1, 0.15) is 5.56 Å². The molecular formula is C10H7F3N2S. The van der Waals surface area contributed by atoms with Crippen LogP contribution in [0.25, 0.3) is 11.3 Å². The molecule has 2 nitrogen and oxygen atoms in total. The van der Waals surface area contributed by atoms with Crippen LogP contribution in [0.4, 0.5) is 18.2 Å². The van der Waals surface area contributed by atoms with E-state index in [1.165, 1.54) is 23.5 Å². The number of halogens is 3. The number of nitrogen functional groups attached to an aromatic ring is 1. The highest BCUT2D eigenvalue weighted by molar-refractivity contribution is 7.14. The van der Waals surface area contributed by atoms with Crippen LogP contribution in [-0.2, 0) is 6.18 Å². The zero-order chi connectivity index (χ0) is 11.8. The van der Waals surface area contributed by atoms with Crippen LogP contribution < -0.4 is 5.73 Å². The van der Waals surface area contributed by atoms with Gasteiger partial charge in [-0.05, 0) is 12.1 Å². The summed E-state index contributed by atoms with van der Waals surface area (Å²) in [5.41, 5.74) is 7.63. The molecule has 0 amide bonds. The Balaban J connectivity index is 2.37. The number of anilines is 1. The van der Waals surface area contributed by atoms with E-state index >= 15 is 0 Å². The molecule has 0 aliphatic rings. The van der Waals surface area contributed by atoms with Crippen LogP contribution in [0.15, 0.2) is 29.8 Å². The molecule has 6 heteroatoms. The van der Waals surface area contributed by atoms with Crippen LogP contribution in [0.3, 0.4) is 0 Å².